The van der Waals surface area contributed by atoms with Crippen molar-refractivity contribution in [2.75, 3.05) is 5.32 Å². The summed E-state index contributed by atoms with van der Waals surface area (Å²) in [6.45, 7) is 0. The SMILES string of the molecule is O=C(Nc1ccccc1Br)c1cc(-c2ccccc2)nc2ccccc12. The number of benzene rings is 3. The zero-order valence-electron chi connectivity index (χ0n) is 13.8. The molecule has 0 saturated heterocycles. The van der Waals surface area contributed by atoms with Gasteiger partial charge >= 0.3 is 0 Å². The lowest BCUT2D eigenvalue weighted by Gasteiger charge is -2.11. The third-order valence-electron chi connectivity index (χ3n) is 4.15. The number of hydrogen-bond acceptors (Lipinski definition) is 2. The molecule has 0 fully saturated rings. The van der Waals surface area contributed by atoms with Gasteiger partial charge in [-0.3, -0.25) is 4.79 Å². The summed E-state index contributed by atoms with van der Waals surface area (Å²) in [5.41, 5.74) is 3.89. The summed E-state index contributed by atoms with van der Waals surface area (Å²) in [5.74, 6) is -0.160. The van der Waals surface area contributed by atoms with E-state index in [9.17, 15) is 4.79 Å². The minimum Gasteiger partial charge on any atom is -0.321 e. The quantitative estimate of drug-likeness (QED) is 0.462. The first-order valence-electron chi connectivity index (χ1n) is 8.23. The highest BCUT2D eigenvalue weighted by Crippen LogP contribution is 2.27. The molecule has 0 atom stereocenters. The van der Waals surface area contributed by atoms with Gasteiger partial charge in [0.15, 0.2) is 0 Å². The lowest BCUT2D eigenvalue weighted by molar-refractivity contribution is 0.102. The van der Waals surface area contributed by atoms with E-state index >= 15 is 0 Å². The first kappa shape index (κ1) is 16.5. The van der Waals surface area contributed by atoms with E-state index in [2.05, 4.69) is 21.2 Å². The Morgan fingerprint density at radius 3 is 2.35 bits per heavy atom. The second-order valence-corrected chi connectivity index (χ2v) is 6.73. The molecule has 0 bridgehead atoms. The number of aromatic nitrogens is 1. The van der Waals surface area contributed by atoms with Crippen LogP contribution in [0.15, 0.2) is 89.4 Å². The maximum Gasteiger partial charge on any atom is 0.256 e. The molecule has 0 aliphatic carbocycles. The molecule has 0 radical (unpaired) electrons. The molecule has 0 aliphatic rings. The number of carbonyl (C=O) groups is 1. The number of amides is 1. The Balaban J connectivity index is 1.83. The third-order valence-corrected chi connectivity index (χ3v) is 4.84. The second kappa shape index (κ2) is 7.10. The summed E-state index contributed by atoms with van der Waals surface area (Å²) >= 11 is 3.47. The molecular formula is C22H15BrN2O. The minimum atomic E-state index is -0.160. The molecule has 4 heteroatoms. The molecule has 1 N–H and O–H groups in total. The maximum absolute atomic E-state index is 13.0. The van der Waals surface area contributed by atoms with Gasteiger partial charge in [0.25, 0.3) is 5.91 Å². The minimum absolute atomic E-state index is 0.160. The second-order valence-electron chi connectivity index (χ2n) is 5.87. The molecule has 0 aliphatic heterocycles. The van der Waals surface area contributed by atoms with Gasteiger partial charge in [-0.15, -0.1) is 0 Å². The van der Waals surface area contributed by atoms with Crippen molar-refractivity contribution < 1.29 is 4.79 Å². The topological polar surface area (TPSA) is 42.0 Å². The fourth-order valence-corrected chi connectivity index (χ4v) is 3.26. The maximum atomic E-state index is 13.0. The molecule has 0 spiro atoms. The number of fused-ring (bicyclic) bond motifs is 1. The monoisotopic (exact) mass is 402 g/mol. The van der Waals surface area contributed by atoms with Crippen LogP contribution in [0.2, 0.25) is 0 Å². The van der Waals surface area contributed by atoms with Gasteiger partial charge in [-0.05, 0) is 40.2 Å². The number of para-hydroxylation sites is 2. The van der Waals surface area contributed by atoms with Gasteiger partial charge in [0.2, 0.25) is 0 Å². The lowest BCUT2D eigenvalue weighted by atomic mass is 10.0. The van der Waals surface area contributed by atoms with Crippen LogP contribution < -0.4 is 5.32 Å². The van der Waals surface area contributed by atoms with Crippen LogP contribution in [-0.2, 0) is 0 Å². The molecule has 126 valence electrons. The fraction of sp³-hybridized carbons (Fsp3) is 0. The highest BCUT2D eigenvalue weighted by Gasteiger charge is 2.15. The molecule has 0 unspecified atom stereocenters. The number of hydrogen-bond donors (Lipinski definition) is 1. The highest BCUT2D eigenvalue weighted by atomic mass is 79.9. The van der Waals surface area contributed by atoms with Crippen molar-refractivity contribution in [3.05, 3.63) is 95.0 Å². The summed E-state index contributed by atoms with van der Waals surface area (Å²) in [6, 6.07) is 27.0. The molecule has 3 nitrogen and oxygen atoms in total. The van der Waals surface area contributed by atoms with E-state index < -0.39 is 0 Å². The zero-order chi connectivity index (χ0) is 17.9. The Labute approximate surface area is 159 Å². The Bertz CT molecular complexity index is 1090. The summed E-state index contributed by atoms with van der Waals surface area (Å²) in [4.78, 5) is 17.7. The highest BCUT2D eigenvalue weighted by molar-refractivity contribution is 9.10. The molecule has 1 aromatic heterocycles. The van der Waals surface area contributed by atoms with E-state index in [-0.39, 0.29) is 5.91 Å². The van der Waals surface area contributed by atoms with E-state index in [4.69, 9.17) is 4.98 Å². The Morgan fingerprint density at radius 1 is 0.846 bits per heavy atom. The Hall–Kier alpha value is -2.98. The van der Waals surface area contributed by atoms with Crippen molar-refractivity contribution in [1.29, 1.82) is 0 Å². The normalized spacial score (nSPS) is 10.7. The molecule has 0 saturated carbocycles. The van der Waals surface area contributed by atoms with E-state index in [0.29, 0.717) is 5.56 Å². The van der Waals surface area contributed by atoms with Crippen molar-refractivity contribution in [2.24, 2.45) is 0 Å². The van der Waals surface area contributed by atoms with Crippen LogP contribution in [0.3, 0.4) is 0 Å². The summed E-state index contributed by atoms with van der Waals surface area (Å²) in [6.07, 6.45) is 0. The molecule has 1 amide bonds. The van der Waals surface area contributed by atoms with Crippen LogP contribution in [0.4, 0.5) is 5.69 Å². The van der Waals surface area contributed by atoms with Gasteiger partial charge in [0.05, 0.1) is 22.5 Å². The largest absolute Gasteiger partial charge is 0.321 e. The van der Waals surface area contributed by atoms with Gasteiger partial charge in [-0.1, -0.05) is 60.7 Å². The van der Waals surface area contributed by atoms with Crippen molar-refractivity contribution >= 4 is 38.4 Å². The average Bonchev–Trinajstić information content (AvgIpc) is 2.69. The first-order chi connectivity index (χ1) is 12.7. The number of nitrogens with one attached hydrogen (secondary N) is 1. The summed E-state index contributed by atoms with van der Waals surface area (Å²) in [5, 5.41) is 3.81. The predicted octanol–water partition coefficient (Wildman–Crippen LogP) is 5.92. The van der Waals surface area contributed by atoms with Crippen molar-refractivity contribution in [3.63, 3.8) is 0 Å². The summed E-state index contributed by atoms with van der Waals surface area (Å²) < 4.78 is 0.843. The molecule has 1 heterocycles. The lowest BCUT2D eigenvalue weighted by Crippen LogP contribution is -2.13. The van der Waals surface area contributed by atoms with Gasteiger partial charge in [0.1, 0.15) is 0 Å². The van der Waals surface area contributed by atoms with Gasteiger partial charge in [-0.2, -0.15) is 0 Å². The molecule has 26 heavy (non-hydrogen) atoms. The fourth-order valence-electron chi connectivity index (χ4n) is 2.87. The van der Waals surface area contributed by atoms with Gasteiger partial charge < -0.3 is 5.32 Å². The molecule has 3 aromatic carbocycles. The number of carbonyl (C=O) groups excluding carboxylic acids is 1. The van der Waals surface area contributed by atoms with Crippen LogP contribution in [-0.4, -0.2) is 10.9 Å². The van der Waals surface area contributed by atoms with Crippen LogP contribution in [0, 0.1) is 0 Å². The van der Waals surface area contributed by atoms with Crippen molar-refractivity contribution in [1.82, 2.24) is 4.98 Å². The standard InChI is InChI=1S/C22H15BrN2O/c23-18-11-5-7-13-20(18)25-22(26)17-14-21(15-8-2-1-3-9-15)24-19-12-6-4-10-16(17)19/h1-14H,(H,25,26). The number of anilines is 1. The number of rotatable bonds is 3. The van der Waals surface area contributed by atoms with Gasteiger partial charge in [-0.25, -0.2) is 4.98 Å². The first-order valence-corrected chi connectivity index (χ1v) is 9.03. The number of nitrogens with zero attached hydrogens (tertiary/aromatic N) is 1. The molecule has 4 aromatic rings. The predicted molar refractivity (Wildman–Crippen MR) is 109 cm³/mol. The number of halogens is 1. The smallest absolute Gasteiger partial charge is 0.256 e. The van der Waals surface area contributed by atoms with Gasteiger partial charge in [0, 0.05) is 15.4 Å². The van der Waals surface area contributed by atoms with Crippen LogP contribution >= 0.6 is 15.9 Å². The van der Waals surface area contributed by atoms with Crippen LogP contribution in [0.5, 0.6) is 0 Å². The van der Waals surface area contributed by atoms with Crippen molar-refractivity contribution in [3.8, 4) is 11.3 Å². The Morgan fingerprint density at radius 2 is 1.54 bits per heavy atom. The zero-order valence-corrected chi connectivity index (χ0v) is 15.4. The molecule has 4 rings (SSSR count). The van der Waals surface area contributed by atoms with Crippen LogP contribution in [0.25, 0.3) is 22.2 Å². The average molecular weight is 403 g/mol. The molecular weight excluding hydrogens is 388 g/mol. The third kappa shape index (κ3) is 3.24. The summed E-state index contributed by atoms with van der Waals surface area (Å²) in [7, 11) is 0. The Kier molecular flexibility index (Phi) is 4.50. The van der Waals surface area contributed by atoms with E-state index in [1.54, 1.807) is 0 Å². The van der Waals surface area contributed by atoms with E-state index in [1.807, 2.05) is 84.9 Å². The van der Waals surface area contributed by atoms with Crippen LogP contribution in [0.1, 0.15) is 10.4 Å². The van der Waals surface area contributed by atoms with E-state index in [1.165, 1.54) is 0 Å². The van der Waals surface area contributed by atoms with Crippen molar-refractivity contribution in [2.45, 2.75) is 0 Å². The number of pyridine rings is 1. The van der Waals surface area contributed by atoms with E-state index in [0.717, 1.165) is 32.3 Å².